The Morgan fingerprint density at radius 3 is 1.42 bits per heavy atom. The monoisotopic (exact) mass is 421 g/mol. The van der Waals surface area contributed by atoms with Crippen LogP contribution >= 0.6 is 7.82 Å². The molecule has 0 aliphatic carbocycles. The first kappa shape index (κ1) is 32.3. The van der Waals surface area contributed by atoms with Crippen molar-refractivity contribution in [3.8, 4) is 0 Å². The molecule has 6 nitrogen and oxygen atoms in total. The zero-order chi connectivity index (χ0) is 16.1. The Morgan fingerprint density at radius 2 is 1.17 bits per heavy atom. The molecule has 0 spiro atoms. The Bertz CT molecular complexity index is 270. The Labute approximate surface area is 161 Å². The molecule has 0 fully saturated rings. The van der Waals surface area contributed by atoms with Gasteiger partial charge in [0.15, 0.2) is 0 Å². The molecule has 0 bridgehead atoms. The van der Waals surface area contributed by atoms with Gasteiger partial charge in [-0.05, 0) is 24.7 Å². The normalized spacial score (nSPS) is 15.2. The summed E-state index contributed by atoms with van der Waals surface area (Å²) < 4.78 is 21.9. The van der Waals surface area contributed by atoms with Crippen LogP contribution in [0.15, 0.2) is 0 Å². The van der Waals surface area contributed by atoms with E-state index >= 15 is 0 Å². The minimum Gasteiger partial charge on any atom is -0.756 e. The Balaban J connectivity index is -0.000000667. The van der Waals surface area contributed by atoms with Crippen molar-refractivity contribution < 1.29 is 48.9 Å². The molecule has 0 saturated carbocycles. The van der Waals surface area contributed by atoms with Gasteiger partial charge >= 0.3 is 0 Å². The molecule has 0 heterocycles. The molecule has 0 aromatic carbocycles. The van der Waals surface area contributed by atoms with Crippen molar-refractivity contribution in [1.29, 1.82) is 0 Å². The Kier molecular flexibility index (Phi) is 26.9. The van der Waals surface area contributed by atoms with Crippen molar-refractivity contribution in [3.63, 3.8) is 0 Å². The molecule has 2 unspecified atom stereocenters. The molecular weight excluding hydrogens is 385 g/mol. The second-order valence-corrected chi connectivity index (χ2v) is 7.28. The third-order valence-corrected chi connectivity index (χ3v) is 4.95. The fourth-order valence-electron chi connectivity index (χ4n) is 2.23. The number of hydrogen-bond donors (Lipinski definition) is 0. The summed E-state index contributed by atoms with van der Waals surface area (Å²) in [5, 5.41) is 0. The van der Waals surface area contributed by atoms with Crippen molar-refractivity contribution >= 4 is 7.82 Å². The van der Waals surface area contributed by atoms with Crippen LogP contribution in [-0.4, -0.2) is 24.2 Å². The molecular formula is C16H38O6PZn-. The van der Waals surface area contributed by atoms with E-state index in [9.17, 15) is 9.46 Å². The largest absolute Gasteiger partial charge is 0.756 e. The molecule has 8 heteroatoms. The quantitative estimate of drug-likeness (QED) is 0.315. The van der Waals surface area contributed by atoms with Crippen LogP contribution in [0.1, 0.15) is 79.1 Å². The molecule has 0 saturated heterocycles. The molecule has 24 heavy (non-hydrogen) atoms. The van der Waals surface area contributed by atoms with Gasteiger partial charge in [-0.15, -0.1) is 0 Å². The predicted molar refractivity (Wildman–Crippen MR) is 93.4 cm³/mol. The number of rotatable bonds is 14. The predicted octanol–water partition coefficient (Wildman–Crippen LogP) is 3.27. The number of unbranched alkanes of at least 4 members (excludes halogenated alkanes) is 2. The van der Waals surface area contributed by atoms with E-state index in [2.05, 4.69) is 27.7 Å². The first-order chi connectivity index (χ1) is 9.99. The van der Waals surface area contributed by atoms with Gasteiger partial charge in [0.25, 0.3) is 7.82 Å². The minimum absolute atomic E-state index is 0. The van der Waals surface area contributed by atoms with Gasteiger partial charge in [-0.3, -0.25) is 4.57 Å². The second-order valence-electron chi connectivity index (χ2n) is 5.87. The van der Waals surface area contributed by atoms with E-state index < -0.39 is 7.82 Å². The summed E-state index contributed by atoms with van der Waals surface area (Å²) in [4.78, 5) is 11.8. The summed E-state index contributed by atoms with van der Waals surface area (Å²) in [7, 11) is -4.14. The van der Waals surface area contributed by atoms with Gasteiger partial charge < -0.3 is 24.9 Å². The van der Waals surface area contributed by atoms with Crippen LogP contribution in [0, 0.1) is 11.8 Å². The fraction of sp³-hybridized carbons (Fsp3) is 1.00. The van der Waals surface area contributed by atoms with E-state index in [1.807, 2.05) is 0 Å². The van der Waals surface area contributed by atoms with E-state index in [-0.39, 0.29) is 43.6 Å². The molecule has 0 aliphatic heterocycles. The summed E-state index contributed by atoms with van der Waals surface area (Å²) in [6.07, 6.45) is 8.38. The van der Waals surface area contributed by atoms with Crippen molar-refractivity contribution in [2.45, 2.75) is 79.1 Å². The molecule has 2 atom stereocenters. The van der Waals surface area contributed by atoms with E-state index in [1.54, 1.807) is 0 Å². The standard InChI is InChI=1S/C16H35O4P.2H2O.Zn/c1-5-9-11-15(7-3)13-19-21(17,18)20-14-16(8-4)12-10-6-2;;;/h15-16H,5-14H2,1-4H3,(H,17,18);2*1H2;/p-1. The van der Waals surface area contributed by atoms with Gasteiger partial charge in [-0.2, -0.15) is 0 Å². The summed E-state index contributed by atoms with van der Waals surface area (Å²) in [5.74, 6) is 0.607. The van der Waals surface area contributed by atoms with Crippen LogP contribution in [0.3, 0.4) is 0 Å². The number of hydrogen-bond acceptors (Lipinski definition) is 4. The van der Waals surface area contributed by atoms with E-state index in [0.29, 0.717) is 11.8 Å². The zero-order valence-corrected chi connectivity index (χ0v) is 19.9. The van der Waals surface area contributed by atoms with Crippen LogP contribution in [0.2, 0.25) is 0 Å². The van der Waals surface area contributed by atoms with Crippen LogP contribution in [0.25, 0.3) is 0 Å². The maximum atomic E-state index is 11.8. The average molecular weight is 423 g/mol. The molecule has 0 aromatic heterocycles. The van der Waals surface area contributed by atoms with Crippen molar-refractivity contribution in [1.82, 2.24) is 0 Å². The van der Waals surface area contributed by atoms with Crippen LogP contribution in [0.4, 0.5) is 0 Å². The molecule has 0 rings (SSSR count). The summed E-state index contributed by atoms with van der Waals surface area (Å²) in [5.41, 5.74) is 0. The fourth-order valence-corrected chi connectivity index (χ4v) is 3.09. The molecule has 0 aliphatic rings. The van der Waals surface area contributed by atoms with E-state index in [0.717, 1.165) is 51.4 Å². The first-order valence-electron chi connectivity index (χ1n) is 8.59. The van der Waals surface area contributed by atoms with Crippen LogP contribution < -0.4 is 4.89 Å². The van der Waals surface area contributed by atoms with Crippen molar-refractivity contribution in [2.75, 3.05) is 13.2 Å². The zero-order valence-electron chi connectivity index (χ0n) is 16.0. The van der Waals surface area contributed by atoms with Crippen LogP contribution in [-0.2, 0) is 33.1 Å². The Morgan fingerprint density at radius 1 is 0.833 bits per heavy atom. The maximum Gasteiger partial charge on any atom is 0.267 e. The molecule has 0 radical (unpaired) electrons. The summed E-state index contributed by atoms with van der Waals surface area (Å²) in [6.45, 7) is 8.91. The van der Waals surface area contributed by atoms with E-state index in [4.69, 9.17) is 9.05 Å². The van der Waals surface area contributed by atoms with Gasteiger partial charge in [-0.25, -0.2) is 0 Å². The maximum absolute atomic E-state index is 11.8. The average Bonchev–Trinajstić information content (AvgIpc) is 2.47. The first-order valence-corrected chi connectivity index (χ1v) is 10.0. The summed E-state index contributed by atoms with van der Waals surface area (Å²) in [6, 6.07) is 0. The molecule has 146 valence electrons. The van der Waals surface area contributed by atoms with Gasteiger partial charge in [0.1, 0.15) is 0 Å². The van der Waals surface area contributed by atoms with Gasteiger partial charge in [-0.1, -0.05) is 66.2 Å². The summed E-state index contributed by atoms with van der Waals surface area (Å²) >= 11 is 0. The molecule has 4 N–H and O–H groups in total. The molecule has 0 aromatic rings. The van der Waals surface area contributed by atoms with Crippen LogP contribution in [0.5, 0.6) is 0 Å². The SMILES string of the molecule is CCCCC(CC)COP(=O)([O-])OCC(CC)CCCC.O.O.[Zn]. The van der Waals surface area contributed by atoms with Gasteiger partial charge in [0.2, 0.25) is 0 Å². The minimum atomic E-state index is -4.14. The smallest absolute Gasteiger partial charge is 0.267 e. The third kappa shape index (κ3) is 17.5. The number of phosphoric acid groups is 1. The van der Waals surface area contributed by atoms with E-state index in [1.165, 1.54) is 0 Å². The number of phosphoric ester groups is 1. The van der Waals surface area contributed by atoms with Gasteiger partial charge in [0.05, 0.1) is 13.2 Å². The van der Waals surface area contributed by atoms with Gasteiger partial charge in [0, 0.05) is 19.5 Å². The molecule has 0 amide bonds. The third-order valence-electron chi connectivity index (χ3n) is 4.02. The topological polar surface area (TPSA) is 122 Å². The Hall–Kier alpha value is 0.653. The van der Waals surface area contributed by atoms with Crippen molar-refractivity contribution in [2.24, 2.45) is 11.8 Å². The second kappa shape index (κ2) is 20.0. The van der Waals surface area contributed by atoms with Crippen molar-refractivity contribution in [3.05, 3.63) is 0 Å².